The third-order valence-corrected chi connectivity index (χ3v) is 14.8. The molecule has 88 heavy (non-hydrogen) atoms. The summed E-state index contributed by atoms with van der Waals surface area (Å²) in [6, 6.07) is 31.4. The van der Waals surface area contributed by atoms with Gasteiger partial charge in [0.2, 0.25) is 11.8 Å². The first kappa shape index (κ1) is 71.0. The highest BCUT2D eigenvalue weighted by Gasteiger charge is 2.31. The zero-order valence-corrected chi connectivity index (χ0v) is 52.0. The van der Waals surface area contributed by atoms with Crippen LogP contribution >= 0.6 is 0 Å². The van der Waals surface area contributed by atoms with Crippen molar-refractivity contribution in [2.75, 3.05) is 56.0 Å². The zero-order chi connectivity index (χ0) is 62.2. The van der Waals surface area contributed by atoms with E-state index in [1.165, 1.54) is 0 Å². The highest BCUT2D eigenvalue weighted by molar-refractivity contribution is 6.01. The van der Waals surface area contributed by atoms with E-state index in [4.69, 9.17) is 24.7 Å². The van der Waals surface area contributed by atoms with Gasteiger partial charge in [0.25, 0.3) is 0 Å². The quantitative estimate of drug-likeness (QED) is 0.0305. The van der Waals surface area contributed by atoms with Crippen molar-refractivity contribution < 1.29 is 47.7 Å². The lowest BCUT2D eigenvalue weighted by Crippen LogP contribution is -2.33. The van der Waals surface area contributed by atoms with Gasteiger partial charge in [0.15, 0.2) is 0 Å². The number of ether oxygens (including phenoxy) is 4. The van der Waals surface area contributed by atoms with E-state index < -0.39 is 0 Å². The van der Waals surface area contributed by atoms with Crippen LogP contribution < -0.4 is 15.5 Å². The van der Waals surface area contributed by atoms with E-state index >= 15 is 0 Å². The first-order valence-electron chi connectivity index (χ1n) is 31.4. The molecule has 0 aliphatic carbocycles. The minimum atomic E-state index is -0.189. The van der Waals surface area contributed by atoms with Gasteiger partial charge >= 0.3 is 11.9 Å². The van der Waals surface area contributed by atoms with Crippen LogP contribution in [-0.2, 0) is 73.9 Å². The van der Waals surface area contributed by atoms with E-state index in [0.29, 0.717) is 90.2 Å². The minimum absolute atomic E-state index is 0. The van der Waals surface area contributed by atoms with Crippen molar-refractivity contribution in [1.82, 2.24) is 30.0 Å². The number of benzene rings is 4. The number of hydrogen-bond donors (Lipinski definition) is 1. The van der Waals surface area contributed by atoms with Crippen LogP contribution in [-0.4, -0.2) is 111 Å². The molecule has 19 nitrogen and oxygen atoms in total. The van der Waals surface area contributed by atoms with Gasteiger partial charge in [0.05, 0.1) is 62.2 Å². The molecule has 19 heteroatoms. The lowest BCUT2D eigenvalue weighted by atomic mass is 9.95. The molecule has 0 fully saturated rings. The maximum Gasteiger partial charge on any atom is 0.305 e. The van der Waals surface area contributed by atoms with Gasteiger partial charge in [-0.05, 0) is 62.3 Å². The summed E-state index contributed by atoms with van der Waals surface area (Å²) in [6.45, 7) is 14.6. The standard InChI is InChI=1S/C34H44N4O5.C27H33N5O3.C7H14O2.CH4/c1-3-5-6-7-19-32(41)43-24-21-38-34-28-15-9-8-13-26(28)25-37(30-17-11-10-16-29(30)33(34)35-36-38)31(40)18-12-14-27(39)20-23-42-22-4-2;1-2-3-4-5-14-25(34)35-18-17-32-27-22-12-8-9-13-23(22)31(24(33)15-16-28)19-20-10-6-7-11-21(20)26(27)29-30-32;1-3-5-9-6-4-7(2)8;/h8-11,13,15-17H,3-7,12,14,18-25H2,1-2H3;6-13H,2-5,14-19,28H2,1H3;3-6H2,1-2H3;1H4. The molecule has 4 heterocycles. The lowest BCUT2D eigenvalue weighted by Gasteiger charge is -2.28. The largest absolute Gasteiger partial charge is 0.464 e. The molecule has 0 spiro atoms. The monoisotopic (exact) mass is 1210 g/mol. The molecule has 4 aromatic carbocycles. The van der Waals surface area contributed by atoms with Gasteiger partial charge in [-0.3, -0.25) is 28.8 Å². The number of Topliss-reactive ketones (excluding diaryl/α,β-unsaturated/α-hetero) is 2. The first-order chi connectivity index (χ1) is 42.4. The summed E-state index contributed by atoms with van der Waals surface area (Å²) in [7, 11) is 0. The second-order valence-electron chi connectivity index (χ2n) is 21.7. The van der Waals surface area contributed by atoms with Gasteiger partial charge in [-0.15, -0.1) is 10.2 Å². The van der Waals surface area contributed by atoms with Gasteiger partial charge in [-0.2, -0.15) is 0 Å². The molecule has 6 aromatic rings. The van der Waals surface area contributed by atoms with Gasteiger partial charge in [0.1, 0.15) is 36.2 Å². The molecule has 2 aromatic heterocycles. The van der Waals surface area contributed by atoms with E-state index in [1.54, 1.807) is 26.1 Å². The molecule has 0 saturated carbocycles. The van der Waals surface area contributed by atoms with Crippen LogP contribution in [0.2, 0.25) is 0 Å². The lowest BCUT2D eigenvalue weighted by molar-refractivity contribution is -0.145. The number of esters is 2. The van der Waals surface area contributed by atoms with E-state index in [1.807, 2.05) is 111 Å². The van der Waals surface area contributed by atoms with Gasteiger partial charge < -0.3 is 34.5 Å². The predicted molar refractivity (Wildman–Crippen MR) is 345 cm³/mol. The molecule has 2 aliphatic heterocycles. The van der Waals surface area contributed by atoms with E-state index in [9.17, 15) is 28.8 Å². The fraction of sp³-hybridized carbons (Fsp3) is 0.507. The molecule has 0 saturated heterocycles. The molecule has 0 unspecified atom stereocenters. The predicted octanol–water partition coefficient (Wildman–Crippen LogP) is 12.9. The molecule has 2 aliphatic rings. The van der Waals surface area contributed by atoms with Crippen LogP contribution in [0.4, 0.5) is 11.4 Å². The van der Waals surface area contributed by atoms with Crippen LogP contribution in [0.25, 0.3) is 45.0 Å². The maximum atomic E-state index is 13.7. The summed E-state index contributed by atoms with van der Waals surface area (Å²) in [6.07, 6.45) is 13.4. The Labute approximate surface area is 521 Å². The SMILES string of the molecule is C.CCCCCCC(=O)OCCn1nnc2c1-c1ccccc1CN(C(=O)CCCC(=O)CCOCCC)c1ccccc1-2.CCCCCCC(=O)OCCn1nnc2c1-c1ccccc1N(C(=O)CCN)Cc1ccccc1-2.CCCOCCC(C)=O. The average Bonchev–Trinajstić information content (AvgIpc) is 1.71. The Morgan fingerprint density at radius 2 is 0.909 bits per heavy atom. The number of para-hydroxylation sites is 2. The highest BCUT2D eigenvalue weighted by Crippen LogP contribution is 2.43. The molecule has 2 N–H and O–H groups in total. The van der Waals surface area contributed by atoms with Crippen molar-refractivity contribution in [1.29, 1.82) is 0 Å². The molecule has 0 radical (unpaired) electrons. The number of nitrogens with two attached hydrogens (primary N) is 1. The number of ketones is 2. The highest BCUT2D eigenvalue weighted by atomic mass is 16.5. The Hall–Kier alpha value is -7.74. The normalized spacial score (nSPS) is 11.8. The third-order valence-electron chi connectivity index (χ3n) is 14.8. The summed E-state index contributed by atoms with van der Waals surface area (Å²) in [5.74, 6) is -0.135. The number of fused-ring (bicyclic) bond motifs is 10. The zero-order valence-electron chi connectivity index (χ0n) is 52.0. The van der Waals surface area contributed by atoms with E-state index in [0.717, 1.165) is 133 Å². The van der Waals surface area contributed by atoms with E-state index in [2.05, 4.69) is 34.5 Å². The number of carbonyl (C=O) groups excluding carboxylic acids is 6. The summed E-state index contributed by atoms with van der Waals surface area (Å²) in [4.78, 5) is 77.3. The molecule has 476 valence electrons. The van der Waals surface area contributed by atoms with Gasteiger partial charge in [-0.25, -0.2) is 9.36 Å². The minimum Gasteiger partial charge on any atom is -0.464 e. The molecular formula is C69H95N9O10. The van der Waals surface area contributed by atoms with Gasteiger partial charge in [-0.1, -0.05) is 169 Å². The van der Waals surface area contributed by atoms with E-state index in [-0.39, 0.29) is 75.3 Å². The Bertz CT molecular complexity index is 3140. The summed E-state index contributed by atoms with van der Waals surface area (Å²) >= 11 is 0. The van der Waals surface area contributed by atoms with Crippen molar-refractivity contribution in [3.8, 4) is 45.0 Å². The third kappa shape index (κ3) is 21.5. The fourth-order valence-corrected chi connectivity index (χ4v) is 10.3. The Kier molecular flexibility index (Phi) is 31.6. The molecule has 0 bridgehead atoms. The molecular weight excluding hydrogens is 1110 g/mol. The number of anilines is 2. The van der Waals surface area contributed by atoms with Crippen molar-refractivity contribution in [3.05, 3.63) is 108 Å². The Morgan fingerprint density at radius 1 is 0.455 bits per heavy atom. The fourth-order valence-electron chi connectivity index (χ4n) is 10.3. The van der Waals surface area contributed by atoms with Crippen LogP contribution in [0.5, 0.6) is 0 Å². The summed E-state index contributed by atoms with van der Waals surface area (Å²) < 4.78 is 25.1. The van der Waals surface area contributed by atoms with Crippen molar-refractivity contribution in [2.45, 2.75) is 184 Å². The van der Waals surface area contributed by atoms with Crippen LogP contribution in [0.15, 0.2) is 97.1 Å². The van der Waals surface area contributed by atoms with Crippen molar-refractivity contribution >= 4 is 46.7 Å². The van der Waals surface area contributed by atoms with Crippen LogP contribution in [0, 0.1) is 0 Å². The maximum absolute atomic E-state index is 13.7. The second-order valence-corrected chi connectivity index (χ2v) is 21.7. The smallest absolute Gasteiger partial charge is 0.305 e. The second kappa shape index (κ2) is 39.2. The van der Waals surface area contributed by atoms with Crippen molar-refractivity contribution in [2.24, 2.45) is 5.73 Å². The summed E-state index contributed by atoms with van der Waals surface area (Å²) in [5.41, 5.74) is 15.8. The number of aromatic nitrogens is 6. The van der Waals surface area contributed by atoms with Gasteiger partial charge in [0, 0.05) is 87.0 Å². The number of rotatable bonds is 32. The number of nitrogens with zero attached hydrogens (tertiary/aromatic N) is 8. The summed E-state index contributed by atoms with van der Waals surface area (Å²) in [5, 5.41) is 18.0. The topological polar surface area (TPSA) is 233 Å². The number of hydrogen-bond acceptors (Lipinski definition) is 15. The number of carbonyl (C=O) groups is 6. The Balaban J connectivity index is 0.000000282. The van der Waals surface area contributed by atoms with Crippen LogP contribution in [0.3, 0.4) is 0 Å². The van der Waals surface area contributed by atoms with Crippen LogP contribution in [0.1, 0.15) is 169 Å². The van der Waals surface area contributed by atoms with Crippen molar-refractivity contribution in [3.63, 3.8) is 0 Å². The average molecular weight is 1210 g/mol. The molecule has 0 atom stereocenters. The number of amides is 2. The first-order valence-corrected chi connectivity index (χ1v) is 31.4. The molecule has 2 amide bonds. The number of unbranched alkanes of at least 4 members (excludes halogenated alkanes) is 6. The Morgan fingerprint density at radius 3 is 1.44 bits per heavy atom. The molecule has 8 rings (SSSR count).